The second kappa shape index (κ2) is 15.2. The summed E-state index contributed by atoms with van der Waals surface area (Å²) < 4.78 is 0. The van der Waals surface area contributed by atoms with Crippen LogP contribution in [0.4, 0.5) is 0 Å². The largest absolute Gasteiger partial charge is 0.480 e. The third-order valence-corrected chi connectivity index (χ3v) is 5.37. The normalized spacial score (nSPS) is 15.6. The first kappa shape index (κ1) is 30.3. The summed E-state index contributed by atoms with van der Waals surface area (Å²) in [5.74, 6) is -4.96. The summed E-state index contributed by atoms with van der Waals surface area (Å²) in [6, 6.07) is -4.48. The maximum Gasteiger partial charge on any atom is 0.326 e. The highest BCUT2D eigenvalue weighted by Crippen LogP contribution is 2.10. The lowest BCUT2D eigenvalue weighted by molar-refractivity contribution is -0.143. The van der Waals surface area contributed by atoms with Gasteiger partial charge in [-0.15, -0.1) is 0 Å². The number of carbonyl (C=O) groups is 5. The van der Waals surface area contributed by atoms with Gasteiger partial charge in [-0.1, -0.05) is 40.5 Å². The van der Waals surface area contributed by atoms with E-state index in [2.05, 4.69) is 16.0 Å². The van der Waals surface area contributed by atoms with Crippen molar-refractivity contribution in [2.24, 2.45) is 29.0 Å². The molecule has 190 valence electrons. The summed E-state index contributed by atoms with van der Waals surface area (Å²) in [6.45, 7) is 7.26. The van der Waals surface area contributed by atoms with Crippen LogP contribution in [0, 0.1) is 11.8 Å². The van der Waals surface area contributed by atoms with Crippen LogP contribution < -0.4 is 33.2 Å². The van der Waals surface area contributed by atoms with Gasteiger partial charge in [0.1, 0.15) is 18.1 Å². The predicted molar refractivity (Wildman–Crippen MR) is 122 cm³/mol. The minimum Gasteiger partial charge on any atom is -0.480 e. The van der Waals surface area contributed by atoms with Crippen molar-refractivity contribution in [3.05, 3.63) is 0 Å². The molecule has 0 aliphatic rings. The van der Waals surface area contributed by atoms with Crippen LogP contribution in [0.2, 0.25) is 0 Å². The number of hydrogen-bond donors (Lipinski definition) is 7. The molecule has 5 atom stereocenters. The molecule has 0 aliphatic carbocycles. The van der Waals surface area contributed by atoms with Crippen molar-refractivity contribution >= 4 is 29.6 Å². The number of primary amides is 1. The van der Waals surface area contributed by atoms with Crippen LogP contribution in [0.15, 0.2) is 0 Å². The van der Waals surface area contributed by atoms with Crippen LogP contribution in [-0.4, -0.2) is 65.4 Å². The molecule has 0 saturated carbocycles. The van der Waals surface area contributed by atoms with Crippen molar-refractivity contribution in [2.45, 2.75) is 84.0 Å². The third-order valence-electron chi connectivity index (χ3n) is 5.37. The number of amides is 4. The molecule has 0 aromatic carbocycles. The number of rotatable bonds is 16. The van der Waals surface area contributed by atoms with E-state index in [0.717, 1.165) is 0 Å². The van der Waals surface area contributed by atoms with E-state index in [0.29, 0.717) is 32.2 Å². The molecular formula is C21H40N6O6. The van der Waals surface area contributed by atoms with Gasteiger partial charge in [0.15, 0.2) is 0 Å². The van der Waals surface area contributed by atoms with Crippen LogP contribution >= 0.6 is 0 Å². The minimum absolute atomic E-state index is 0.315. The quantitative estimate of drug-likeness (QED) is 0.131. The fourth-order valence-electron chi connectivity index (χ4n) is 3.04. The van der Waals surface area contributed by atoms with Gasteiger partial charge in [0, 0.05) is 0 Å². The van der Waals surface area contributed by atoms with Crippen LogP contribution in [-0.2, 0) is 24.0 Å². The number of nitrogens with two attached hydrogens (primary N) is 3. The summed E-state index contributed by atoms with van der Waals surface area (Å²) in [6.07, 6.45) is 1.76. The van der Waals surface area contributed by atoms with E-state index in [1.165, 1.54) is 0 Å². The monoisotopic (exact) mass is 472 g/mol. The number of aliphatic carboxylic acids is 1. The maximum atomic E-state index is 13.0. The number of unbranched alkanes of at least 4 members (excludes halogenated alkanes) is 1. The predicted octanol–water partition coefficient (Wildman–Crippen LogP) is -1.44. The molecule has 33 heavy (non-hydrogen) atoms. The molecule has 0 saturated heterocycles. The first-order chi connectivity index (χ1) is 15.3. The molecule has 0 bridgehead atoms. The standard InChI is InChI=1S/C21H40N6O6/c1-5-12(4)17(27-18(29)13(23)8-6-7-9-22)20(31)25-14(10-15(24)28)19(30)26-16(11(2)3)21(32)33/h11-14,16-17H,5-10,22-23H2,1-4H3,(H2,24,28)(H,25,31)(H,26,30)(H,27,29)(H,32,33). The van der Waals surface area contributed by atoms with Gasteiger partial charge in [0.05, 0.1) is 12.5 Å². The van der Waals surface area contributed by atoms with Crippen LogP contribution in [0.5, 0.6) is 0 Å². The first-order valence-corrected chi connectivity index (χ1v) is 11.2. The smallest absolute Gasteiger partial charge is 0.326 e. The Morgan fingerprint density at radius 1 is 0.879 bits per heavy atom. The molecule has 0 radical (unpaired) electrons. The minimum atomic E-state index is -1.41. The van der Waals surface area contributed by atoms with Crippen molar-refractivity contribution in [2.75, 3.05) is 6.54 Å². The summed E-state index contributed by atoms with van der Waals surface area (Å²) in [4.78, 5) is 61.0. The topological polar surface area (TPSA) is 220 Å². The van der Waals surface area contributed by atoms with Crippen molar-refractivity contribution in [3.63, 3.8) is 0 Å². The zero-order valence-electron chi connectivity index (χ0n) is 19.9. The van der Waals surface area contributed by atoms with E-state index in [4.69, 9.17) is 17.2 Å². The molecular weight excluding hydrogens is 432 g/mol. The number of hydrogen-bond acceptors (Lipinski definition) is 7. The van der Waals surface area contributed by atoms with Gasteiger partial charge in [-0.3, -0.25) is 19.2 Å². The Hall–Kier alpha value is -2.73. The highest BCUT2D eigenvalue weighted by atomic mass is 16.4. The van der Waals surface area contributed by atoms with E-state index in [-0.39, 0.29) is 5.92 Å². The molecule has 0 aromatic heterocycles. The van der Waals surface area contributed by atoms with Gasteiger partial charge in [-0.05, 0) is 31.2 Å². The van der Waals surface area contributed by atoms with Crippen molar-refractivity contribution in [1.82, 2.24) is 16.0 Å². The Balaban J connectivity index is 5.48. The number of nitrogens with one attached hydrogen (secondary N) is 3. The second-order valence-electron chi connectivity index (χ2n) is 8.56. The van der Waals surface area contributed by atoms with Crippen LogP contribution in [0.3, 0.4) is 0 Å². The molecule has 0 fully saturated rings. The lowest BCUT2D eigenvalue weighted by Gasteiger charge is -2.28. The van der Waals surface area contributed by atoms with E-state index in [9.17, 15) is 29.1 Å². The second-order valence-corrected chi connectivity index (χ2v) is 8.56. The van der Waals surface area contributed by atoms with Crippen molar-refractivity contribution in [1.29, 1.82) is 0 Å². The Morgan fingerprint density at radius 2 is 1.45 bits per heavy atom. The molecule has 12 heteroatoms. The van der Waals surface area contributed by atoms with E-state index in [1.807, 2.05) is 6.92 Å². The lowest BCUT2D eigenvalue weighted by atomic mass is 9.96. The van der Waals surface area contributed by atoms with Gasteiger partial charge in [0.2, 0.25) is 23.6 Å². The molecule has 0 aliphatic heterocycles. The fourth-order valence-corrected chi connectivity index (χ4v) is 3.04. The third kappa shape index (κ3) is 11.1. The molecule has 0 aromatic rings. The molecule has 4 amide bonds. The molecule has 0 heterocycles. The first-order valence-electron chi connectivity index (χ1n) is 11.2. The average molecular weight is 473 g/mol. The van der Waals surface area contributed by atoms with Gasteiger partial charge < -0.3 is 38.3 Å². The molecule has 0 rings (SSSR count). The van der Waals surface area contributed by atoms with Gasteiger partial charge >= 0.3 is 5.97 Å². The lowest BCUT2D eigenvalue weighted by Crippen LogP contribution is -2.59. The molecule has 0 spiro atoms. The number of carbonyl (C=O) groups excluding carboxylic acids is 4. The molecule has 12 nitrogen and oxygen atoms in total. The average Bonchev–Trinajstić information content (AvgIpc) is 2.73. The number of carboxylic acid groups (broad SMARTS) is 1. The fraction of sp³-hybridized carbons (Fsp3) is 0.762. The number of carboxylic acids is 1. The zero-order valence-corrected chi connectivity index (χ0v) is 19.9. The highest BCUT2D eigenvalue weighted by molar-refractivity contribution is 5.96. The van der Waals surface area contributed by atoms with E-state index in [1.54, 1.807) is 20.8 Å². The zero-order chi connectivity index (χ0) is 25.7. The van der Waals surface area contributed by atoms with Crippen LogP contribution in [0.1, 0.15) is 59.8 Å². The maximum absolute atomic E-state index is 13.0. The summed E-state index contributed by atoms with van der Waals surface area (Å²) in [7, 11) is 0. The summed E-state index contributed by atoms with van der Waals surface area (Å²) >= 11 is 0. The van der Waals surface area contributed by atoms with Crippen molar-refractivity contribution < 1.29 is 29.1 Å². The Labute approximate surface area is 194 Å². The van der Waals surface area contributed by atoms with E-state index < -0.39 is 66.1 Å². The van der Waals surface area contributed by atoms with Gasteiger partial charge in [0.25, 0.3) is 0 Å². The van der Waals surface area contributed by atoms with Crippen LogP contribution in [0.25, 0.3) is 0 Å². The van der Waals surface area contributed by atoms with Gasteiger partial charge in [-0.25, -0.2) is 4.79 Å². The molecule has 10 N–H and O–H groups in total. The van der Waals surface area contributed by atoms with E-state index >= 15 is 0 Å². The highest BCUT2D eigenvalue weighted by Gasteiger charge is 2.33. The SMILES string of the molecule is CCC(C)C(NC(=O)C(N)CCCCN)C(=O)NC(CC(N)=O)C(=O)NC(C(=O)O)C(C)C. The van der Waals surface area contributed by atoms with Crippen molar-refractivity contribution in [3.8, 4) is 0 Å². The Kier molecular flexibility index (Phi) is 13.9. The molecule has 5 unspecified atom stereocenters. The summed E-state index contributed by atoms with van der Waals surface area (Å²) in [5.41, 5.74) is 16.6. The Bertz CT molecular complexity index is 686. The van der Waals surface area contributed by atoms with Gasteiger partial charge in [-0.2, -0.15) is 0 Å². The summed E-state index contributed by atoms with van der Waals surface area (Å²) in [5, 5.41) is 16.7. The Morgan fingerprint density at radius 3 is 1.91 bits per heavy atom.